The van der Waals surface area contributed by atoms with Crippen molar-refractivity contribution in [3.05, 3.63) is 84.4 Å². The molecule has 0 atom stereocenters. The number of benzene rings is 3. The molecule has 0 saturated carbocycles. The van der Waals surface area contributed by atoms with Crippen molar-refractivity contribution in [2.75, 3.05) is 0 Å². The third-order valence-electron chi connectivity index (χ3n) is 4.17. The topological polar surface area (TPSA) is 15.8 Å². The average molecular weight is 282 g/mol. The first-order chi connectivity index (χ1) is 10.8. The molecule has 4 aromatic rings. The van der Waals surface area contributed by atoms with Gasteiger partial charge in [-0.05, 0) is 47.4 Å². The van der Waals surface area contributed by atoms with Gasteiger partial charge in [0.15, 0.2) is 0 Å². The van der Waals surface area contributed by atoms with Crippen molar-refractivity contribution in [2.24, 2.45) is 0 Å². The molecule has 1 N–H and O–H groups in total. The van der Waals surface area contributed by atoms with Crippen LogP contribution in [0.4, 0.5) is 0 Å². The summed E-state index contributed by atoms with van der Waals surface area (Å²) in [6.07, 6.45) is 0. The second-order valence-electron chi connectivity index (χ2n) is 5.54. The summed E-state index contributed by atoms with van der Waals surface area (Å²) >= 11 is 0. The Hall–Kier alpha value is -2.80. The number of aromatic amines is 1. The molecule has 0 bridgehead atoms. The van der Waals surface area contributed by atoms with Crippen LogP contribution in [0.15, 0.2) is 72.8 Å². The maximum atomic E-state index is 3.54. The van der Waals surface area contributed by atoms with Gasteiger partial charge in [-0.3, -0.25) is 0 Å². The SMILES string of the molecule is Cc1c(-c2cc[c]cc2)[nH]c2ccc(-c3ccccc3)cc12. The highest BCUT2D eigenvalue weighted by molar-refractivity contribution is 5.93. The van der Waals surface area contributed by atoms with Crippen LogP contribution in [0, 0.1) is 13.0 Å². The molecule has 4 rings (SSSR count). The van der Waals surface area contributed by atoms with Gasteiger partial charge in [-0.2, -0.15) is 0 Å². The van der Waals surface area contributed by atoms with E-state index in [0.717, 1.165) is 0 Å². The fourth-order valence-corrected chi connectivity index (χ4v) is 2.98. The molecule has 105 valence electrons. The fourth-order valence-electron chi connectivity index (χ4n) is 2.98. The van der Waals surface area contributed by atoms with Crippen LogP contribution in [-0.4, -0.2) is 4.98 Å². The summed E-state index contributed by atoms with van der Waals surface area (Å²) in [6.45, 7) is 2.18. The van der Waals surface area contributed by atoms with E-state index in [-0.39, 0.29) is 0 Å². The number of nitrogens with one attached hydrogen (secondary N) is 1. The van der Waals surface area contributed by atoms with E-state index in [4.69, 9.17) is 0 Å². The van der Waals surface area contributed by atoms with Crippen LogP contribution in [-0.2, 0) is 0 Å². The van der Waals surface area contributed by atoms with Gasteiger partial charge in [0.1, 0.15) is 0 Å². The quantitative estimate of drug-likeness (QED) is 0.492. The number of H-pyrrole nitrogens is 1. The van der Waals surface area contributed by atoms with Gasteiger partial charge in [-0.1, -0.05) is 60.7 Å². The molecule has 1 radical (unpaired) electrons. The molecule has 1 nitrogen and oxygen atoms in total. The number of hydrogen-bond donors (Lipinski definition) is 1. The van der Waals surface area contributed by atoms with E-state index in [1.165, 1.54) is 38.9 Å². The Kier molecular flexibility index (Phi) is 3.05. The Morgan fingerprint density at radius 3 is 2.32 bits per heavy atom. The third kappa shape index (κ3) is 2.11. The Labute approximate surface area is 130 Å². The lowest BCUT2D eigenvalue weighted by atomic mass is 10.0. The highest BCUT2D eigenvalue weighted by Gasteiger charge is 2.10. The van der Waals surface area contributed by atoms with E-state index >= 15 is 0 Å². The van der Waals surface area contributed by atoms with E-state index < -0.39 is 0 Å². The molecule has 0 spiro atoms. The van der Waals surface area contributed by atoms with Gasteiger partial charge in [0.2, 0.25) is 0 Å². The van der Waals surface area contributed by atoms with Crippen LogP contribution in [0.5, 0.6) is 0 Å². The zero-order chi connectivity index (χ0) is 14.9. The summed E-state index contributed by atoms with van der Waals surface area (Å²) in [5.74, 6) is 0. The number of hydrogen-bond acceptors (Lipinski definition) is 0. The van der Waals surface area contributed by atoms with Gasteiger partial charge in [0.25, 0.3) is 0 Å². The molecule has 1 heterocycles. The lowest BCUT2D eigenvalue weighted by Gasteiger charge is -2.02. The number of aromatic nitrogens is 1. The first-order valence-electron chi connectivity index (χ1n) is 7.47. The van der Waals surface area contributed by atoms with E-state index in [0.29, 0.717) is 0 Å². The van der Waals surface area contributed by atoms with Crippen LogP contribution in [0.1, 0.15) is 5.56 Å². The molecule has 22 heavy (non-hydrogen) atoms. The smallest absolute Gasteiger partial charge is 0.0494 e. The molecule has 1 heteroatoms. The molecule has 0 unspecified atom stereocenters. The van der Waals surface area contributed by atoms with Crippen molar-refractivity contribution in [2.45, 2.75) is 6.92 Å². The third-order valence-corrected chi connectivity index (χ3v) is 4.17. The highest BCUT2D eigenvalue weighted by Crippen LogP contribution is 2.32. The Morgan fingerprint density at radius 2 is 1.55 bits per heavy atom. The predicted octanol–water partition coefficient (Wildman–Crippen LogP) is 5.61. The first-order valence-corrected chi connectivity index (χ1v) is 7.47. The Morgan fingerprint density at radius 1 is 0.773 bits per heavy atom. The monoisotopic (exact) mass is 282 g/mol. The van der Waals surface area contributed by atoms with Crippen molar-refractivity contribution in [1.82, 2.24) is 4.98 Å². The lowest BCUT2D eigenvalue weighted by Crippen LogP contribution is -1.79. The summed E-state index contributed by atoms with van der Waals surface area (Å²) in [7, 11) is 0. The largest absolute Gasteiger partial charge is 0.354 e. The van der Waals surface area contributed by atoms with Gasteiger partial charge in [-0.25, -0.2) is 0 Å². The number of fused-ring (bicyclic) bond motifs is 1. The van der Waals surface area contributed by atoms with Crippen molar-refractivity contribution >= 4 is 10.9 Å². The zero-order valence-electron chi connectivity index (χ0n) is 12.4. The van der Waals surface area contributed by atoms with Crippen molar-refractivity contribution in [3.8, 4) is 22.4 Å². The van der Waals surface area contributed by atoms with Gasteiger partial charge in [0, 0.05) is 16.6 Å². The zero-order valence-corrected chi connectivity index (χ0v) is 12.4. The van der Waals surface area contributed by atoms with Gasteiger partial charge in [0.05, 0.1) is 0 Å². The van der Waals surface area contributed by atoms with E-state index in [1.54, 1.807) is 0 Å². The van der Waals surface area contributed by atoms with Crippen LogP contribution >= 0.6 is 0 Å². The van der Waals surface area contributed by atoms with Crippen molar-refractivity contribution in [1.29, 1.82) is 0 Å². The maximum Gasteiger partial charge on any atom is 0.0494 e. The number of aryl methyl sites for hydroxylation is 1. The summed E-state index contributed by atoms with van der Waals surface area (Å²) in [5, 5.41) is 1.28. The van der Waals surface area contributed by atoms with E-state index in [1.807, 2.05) is 18.2 Å². The summed E-state index contributed by atoms with van der Waals surface area (Å²) < 4.78 is 0. The van der Waals surface area contributed by atoms with Gasteiger partial charge >= 0.3 is 0 Å². The minimum absolute atomic E-state index is 1.18. The predicted molar refractivity (Wildman–Crippen MR) is 92.7 cm³/mol. The summed E-state index contributed by atoms with van der Waals surface area (Å²) in [6, 6.07) is 28.3. The van der Waals surface area contributed by atoms with E-state index in [2.05, 4.69) is 72.6 Å². The molecule has 0 saturated heterocycles. The van der Waals surface area contributed by atoms with Crippen LogP contribution < -0.4 is 0 Å². The van der Waals surface area contributed by atoms with Crippen LogP contribution in [0.2, 0.25) is 0 Å². The van der Waals surface area contributed by atoms with Gasteiger partial charge in [-0.15, -0.1) is 0 Å². The second-order valence-corrected chi connectivity index (χ2v) is 5.54. The normalized spacial score (nSPS) is 11.0. The summed E-state index contributed by atoms with van der Waals surface area (Å²) in [4.78, 5) is 3.54. The number of rotatable bonds is 2. The van der Waals surface area contributed by atoms with Crippen LogP contribution in [0.25, 0.3) is 33.3 Å². The van der Waals surface area contributed by atoms with Crippen LogP contribution in [0.3, 0.4) is 0 Å². The molecular formula is C21H16N. The molecule has 0 amide bonds. The average Bonchev–Trinajstić information content (AvgIpc) is 2.93. The van der Waals surface area contributed by atoms with Gasteiger partial charge < -0.3 is 4.98 Å². The molecule has 1 aromatic heterocycles. The Bertz CT molecular complexity index is 918. The Balaban J connectivity index is 1.89. The molecule has 3 aromatic carbocycles. The fraction of sp³-hybridized carbons (Fsp3) is 0.0476. The molecule has 0 aliphatic carbocycles. The first kappa shape index (κ1) is 12.9. The molecular weight excluding hydrogens is 266 g/mol. The second kappa shape index (κ2) is 5.19. The lowest BCUT2D eigenvalue weighted by molar-refractivity contribution is 1.41. The minimum Gasteiger partial charge on any atom is -0.354 e. The highest BCUT2D eigenvalue weighted by atomic mass is 14.7. The minimum atomic E-state index is 1.18. The molecule has 0 fully saturated rings. The maximum absolute atomic E-state index is 3.54. The van der Waals surface area contributed by atoms with Crippen molar-refractivity contribution < 1.29 is 0 Å². The van der Waals surface area contributed by atoms with Crippen molar-refractivity contribution in [3.63, 3.8) is 0 Å². The molecule has 0 aliphatic rings. The summed E-state index contributed by atoms with van der Waals surface area (Å²) in [5.41, 5.74) is 7.37. The molecule has 0 aliphatic heterocycles. The van der Waals surface area contributed by atoms with E-state index in [9.17, 15) is 0 Å². The standard InChI is InChI=1S/C21H16N/c1-15-19-14-18(16-8-4-2-5-9-16)12-13-20(19)22-21(15)17-10-6-3-7-11-17/h2,4-14,22H,1H3.